The molecular weight excluding hydrogens is 345 g/mol. The van der Waals surface area contributed by atoms with E-state index in [-0.39, 0.29) is 23.0 Å². The number of halogens is 2. The maximum absolute atomic E-state index is 13.2. The van der Waals surface area contributed by atoms with Crippen molar-refractivity contribution in [2.45, 2.75) is 37.7 Å². The lowest BCUT2D eigenvalue weighted by atomic mass is 9.97. The largest absolute Gasteiger partial charge is 0.393 e. The predicted octanol–water partition coefficient (Wildman–Crippen LogP) is 3.72. The van der Waals surface area contributed by atoms with Crippen molar-refractivity contribution in [2.75, 3.05) is 5.32 Å². The van der Waals surface area contributed by atoms with Crippen molar-refractivity contribution < 1.29 is 14.3 Å². The van der Waals surface area contributed by atoms with Crippen molar-refractivity contribution in [1.82, 2.24) is 9.97 Å². The highest BCUT2D eigenvalue weighted by molar-refractivity contribution is 6.31. The number of aliphatic hydroxyl groups is 1. The summed E-state index contributed by atoms with van der Waals surface area (Å²) in [5, 5.41) is 12.5. The number of amides is 1. The van der Waals surface area contributed by atoms with Crippen LogP contribution in [0.15, 0.2) is 24.5 Å². The zero-order valence-electron chi connectivity index (χ0n) is 13.5. The van der Waals surface area contributed by atoms with Crippen LogP contribution in [0.3, 0.4) is 0 Å². The van der Waals surface area contributed by atoms with E-state index in [1.54, 1.807) is 0 Å². The van der Waals surface area contributed by atoms with E-state index in [0.717, 1.165) is 31.4 Å². The number of carbonyl (C=O) groups is 1. The van der Waals surface area contributed by atoms with Crippen LogP contribution < -0.4 is 5.32 Å². The number of benzene rings is 1. The molecule has 25 heavy (non-hydrogen) atoms. The molecular formula is C18H19ClFN3O2. The Morgan fingerprint density at radius 2 is 2.00 bits per heavy atom. The third-order valence-corrected chi connectivity index (χ3v) is 5.74. The highest BCUT2D eigenvalue weighted by atomic mass is 35.5. The number of aliphatic hydroxyl groups excluding tert-OH is 1. The van der Waals surface area contributed by atoms with Gasteiger partial charge in [0.15, 0.2) is 0 Å². The summed E-state index contributed by atoms with van der Waals surface area (Å²) >= 11 is 5.76. The van der Waals surface area contributed by atoms with Gasteiger partial charge in [-0.3, -0.25) is 4.79 Å². The van der Waals surface area contributed by atoms with Crippen LogP contribution in [0.25, 0.3) is 0 Å². The Morgan fingerprint density at radius 1 is 1.28 bits per heavy atom. The van der Waals surface area contributed by atoms with Crippen molar-refractivity contribution in [1.29, 1.82) is 0 Å². The van der Waals surface area contributed by atoms with Gasteiger partial charge in [-0.25, -0.2) is 9.37 Å². The fourth-order valence-corrected chi connectivity index (χ4v) is 4.55. The van der Waals surface area contributed by atoms with Gasteiger partial charge in [-0.05, 0) is 55.7 Å². The average molecular weight is 364 g/mol. The number of nitrogens with zero attached hydrogens (tertiary/aromatic N) is 1. The molecule has 1 amide bonds. The van der Waals surface area contributed by atoms with E-state index in [1.165, 1.54) is 24.5 Å². The summed E-state index contributed by atoms with van der Waals surface area (Å²) in [6, 6.07) is 4.07. The van der Waals surface area contributed by atoms with Crippen LogP contribution in [-0.4, -0.2) is 27.1 Å². The SMILES string of the molecule is O=C(Nc1ccc(F)c(Cl)c1)c1[nH]cnc1C1CC2CC(O)CC2C1. The summed E-state index contributed by atoms with van der Waals surface area (Å²) in [5.41, 5.74) is 1.64. The molecule has 1 aromatic carbocycles. The Balaban J connectivity index is 1.49. The molecule has 4 rings (SSSR count). The van der Waals surface area contributed by atoms with Crippen LogP contribution >= 0.6 is 11.6 Å². The molecule has 5 nitrogen and oxygen atoms in total. The van der Waals surface area contributed by atoms with E-state index >= 15 is 0 Å². The number of carbonyl (C=O) groups excluding carboxylic acids is 1. The second-order valence-corrected chi connectivity index (χ2v) is 7.47. The lowest BCUT2D eigenvalue weighted by Gasteiger charge is -2.12. The average Bonchev–Trinajstić information content (AvgIpc) is 3.24. The molecule has 7 heteroatoms. The maximum atomic E-state index is 13.2. The Labute approximate surface area is 149 Å². The topological polar surface area (TPSA) is 78.0 Å². The second kappa shape index (κ2) is 6.42. The predicted molar refractivity (Wildman–Crippen MR) is 92.1 cm³/mol. The first-order valence-electron chi connectivity index (χ1n) is 8.49. The van der Waals surface area contributed by atoms with E-state index in [0.29, 0.717) is 23.2 Å². The molecule has 2 saturated carbocycles. The van der Waals surface area contributed by atoms with Gasteiger partial charge in [-0.2, -0.15) is 0 Å². The molecule has 0 radical (unpaired) electrons. The minimum atomic E-state index is -0.526. The van der Waals surface area contributed by atoms with Crippen molar-refractivity contribution in [2.24, 2.45) is 11.8 Å². The van der Waals surface area contributed by atoms with Gasteiger partial charge >= 0.3 is 0 Å². The molecule has 0 bridgehead atoms. The summed E-state index contributed by atoms with van der Waals surface area (Å²) in [7, 11) is 0. The van der Waals surface area contributed by atoms with Gasteiger partial charge in [0.25, 0.3) is 5.91 Å². The van der Waals surface area contributed by atoms with E-state index in [1.807, 2.05) is 0 Å². The number of imidazole rings is 1. The fourth-order valence-electron chi connectivity index (χ4n) is 4.37. The standard InChI is InChI=1S/C18H19ClFN3O2/c19-14-7-12(1-2-15(14)20)23-18(25)17-16(21-8-22-17)11-3-9-5-13(24)6-10(9)4-11/h1-2,7-11,13,24H,3-6H2,(H,21,22)(H,23,25). The van der Waals surface area contributed by atoms with E-state index in [2.05, 4.69) is 15.3 Å². The highest BCUT2D eigenvalue weighted by Crippen LogP contribution is 2.50. The van der Waals surface area contributed by atoms with Crippen LogP contribution in [-0.2, 0) is 0 Å². The van der Waals surface area contributed by atoms with Gasteiger partial charge in [0.1, 0.15) is 11.5 Å². The summed E-state index contributed by atoms with van der Waals surface area (Å²) in [6.07, 6.45) is 4.96. The van der Waals surface area contributed by atoms with E-state index in [9.17, 15) is 14.3 Å². The Bertz CT molecular complexity index is 795. The number of rotatable bonds is 3. The van der Waals surface area contributed by atoms with Crippen LogP contribution in [0.1, 0.15) is 47.8 Å². The van der Waals surface area contributed by atoms with Crippen molar-refractivity contribution in [3.63, 3.8) is 0 Å². The van der Waals surface area contributed by atoms with Gasteiger partial charge in [0.05, 0.1) is 23.1 Å². The molecule has 1 aromatic heterocycles. The summed E-state index contributed by atoms with van der Waals surface area (Å²) in [5.74, 6) is 0.423. The molecule has 0 spiro atoms. The third-order valence-electron chi connectivity index (χ3n) is 5.45. The highest BCUT2D eigenvalue weighted by Gasteiger charge is 2.43. The van der Waals surface area contributed by atoms with E-state index in [4.69, 9.17) is 11.6 Å². The lowest BCUT2D eigenvalue weighted by Crippen LogP contribution is -2.16. The number of nitrogens with one attached hydrogen (secondary N) is 2. The summed E-state index contributed by atoms with van der Waals surface area (Å²) in [4.78, 5) is 19.9. The first-order valence-corrected chi connectivity index (χ1v) is 8.86. The molecule has 3 N–H and O–H groups in total. The van der Waals surface area contributed by atoms with Crippen LogP contribution in [0, 0.1) is 17.7 Å². The van der Waals surface area contributed by atoms with Gasteiger partial charge in [-0.1, -0.05) is 11.6 Å². The summed E-state index contributed by atoms with van der Waals surface area (Å²) in [6.45, 7) is 0. The van der Waals surface area contributed by atoms with Crippen molar-refractivity contribution in [3.05, 3.63) is 46.8 Å². The number of aromatic amines is 1. The third kappa shape index (κ3) is 3.16. The molecule has 2 atom stereocenters. The molecule has 132 valence electrons. The molecule has 2 aliphatic carbocycles. The molecule has 0 saturated heterocycles. The normalized spacial score (nSPS) is 28.1. The van der Waals surface area contributed by atoms with E-state index < -0.39 is 5.82 Å². The number of hydrogen-bond acceptors (Lipinski definition) is 3. The van der Waals surface area contributed by atoms with Crippen molar-refractivity contribution in [3.8, 4) is 0 Å². The number of H-pyrrole nitrogens is 1. The Morgan fingerprint density at radius 3 is 2.68 bits per heavy atom. The Kier molecular flexibility index (Phi) is 4.25. The number of anilines is 1. The first-order chi connectivity index (χ1) is 12.0. The molecule has 1 heterocycles. The number of fused-ring (bicyclic) bond motifs is 1. The minimum Gasteiger partial charge on any atom is -0.393 e. The molecule has 2 aliphatic rings. The number of hydrogen-bond donors (Lipinski definition) is 3. The molecule has 2 aromatic rings. The second-order valence-electron chi connectivity index (χ2n) is 7.06. The first kappa shape index (κ1) is 16.5. The lowest BCUT2D eigenvalue weighted by molar-refractivity contribution is 0.102. The van der Waals surface area contributed by atoms with Gasteiger partial charge < -0.3 is 15.4 Å². The quantitative estimate of drug-likeness (QED) is 0.777. The zero-order chi connectivity index (χ0) is 17.6. The smallest absolute Gasteiger partial charge is 0.274 e. The van der Waals surface area contributed by atoms with Crippen molar-refractivity contribution >= 4 is 23.2 Å². The van der Waals surface area contributed by atoms with Gasteiger partial charge in [0.2, 0.25) is 0 Å². The molecule has 2 fully saturated rings. The van der Waals surface area contributed by atoms with Crippen LogP contribution in [0.4, 0.5) is 10.1 Å². The monoisotopic (exact) mass is 363 g/mol. The Hall–Kier alpha value is -1.92. The van der Waals surface area contributed by atoms with Gasteiger partial charge in [-0.15, -0.1) is 0 Å². The number of aromatic nitrogens is 2. The zero-order valence-corrected chi connectivity index (χ0v) is 14.3. The molecule has 0 aliphatic heterocycles. The molecule has 2 unspecified atom stereocenters. The maximum Gasteiger partial charge on any atom is 0.274 e. The van der Waals surface area contributed by atoms with Crippen LogP contribution in [0.2, 0.25) is 5.02 Å². The fraction of sp³-hybridized carbons (Fsp3) is 0.444. The van der Waals surface area contributed by atoms with Crippen LogP contribution in [0.5, 0.6) is 0 Å². The summed E-state index contributed by atoms with van der Waals surface area (Å²) < 4.78 is 13.2. The van der Waals surface area contributed by atoms with Gasteiger partial charge in [0, 0.05) is 11.6 Å². The minimum absolute atomic E-state index is 0.0372.